The highest BCUT2D eigenvalue weighted by atomic mass is 32.1. The molecule has 1 rings (SSSR count). The fourth-order valence-electron chi connectivity index (χ4n) is 2.27. The molecule has 0 aromatic carbocycles. The SMILES string of the molecule is N#CCCC(CCC#N)(CCC#N)C(=O)c1cccs1. The zero-order valence-electron chi connectivity index (χ0n) is 11.1. The van der Waals surface area contributed by atoms with Crippen LogP contribution in [0.2, 0.25) is 0 Å². The zero-order valence-corrected chi connectivity index (χ0v) is 11.9. The first-order valence-corrected chi connectivity index (χ1v) is 7.27. The monoisotopic (exact) mass is 285 g/mol. The van der Waals surface area contributed by atoms with Crippen LogP contribution in [-0.2, 0) is 0 Å². The Morgan fingerprint density at radius 1 is 1.05 bits per heavy atom. The third-order valence-corrected chi connectivity index (χ3v) is 4.24. The van der Waals surface area contributed by atoms with Crippen LogP contribution < -0.4 is 0 Å². The van der Waals surface area contributed by atoms with Crippen LogP contribution in [0.4, 0.5) is 0 Å². The van der Waals surface area contributed by atoms with E-state index in [1.165, 1.54) is 11.3 Å². The van der Waals surface area contributed by atoms with E-state index < -0.39 is 5.41 Å². The van der Waals surface area contributed by atoms with Gasteiger partial charge >= 0.3 is 0 Å². The van der Waals surface area contributed by atoms with Gasteiger partial charge in [-0.15, -0.1) is 11.3 Å². The molecule has 0 aliphatic carbocycles. The third kappa shape index (κ3) is 3.92. The Kier molecular flexibility index (Phi) is 6.44. The number of thiophene rings is 1. The summed E-state index contributed by atoms with van der Waals surface area (Å²) in [5.41, 5.74) is -0.758. The number of hydrogen-bond acceptors (Lipinski definition) is 5. The number of carbonyl (C=O) groups is 1. The summed E-state index contributed by atoms with van der Waals surface area (Å²) in [6.45, 7) is 0. The highest BCUT2D eigenvalue weighted by Gasteiger charge is 2.38. The van der Waals surface area contributed by atoms with Crippen LogP contribution in [0.15, 0.2) is 17.5 Å². The molecule has 20 heavy (non-hydrogen) atoms. The molecule has 0 amide bonds. The summed E-state index contributed by atoms with van der Waals surface area (Å²) >= 11 is 1.36. The maximum Gasteiger partial charge on any atom is 0.179 e. The van der Waals surface area contributed by atoms with E-state index in [0.29, 0.717) is 24.1 Å². The fraction of sp³-hybridized carbons (Fsp3) is 0.467. The molecule has 5 heteroatoms. The summed E-state index contributed by atoms with van der Waals surface area (Å²) in [4.78, 5) is 13.4. The molecule has 1 heterocycles. The predicted octanol–water partition coefficient (Wildman–Crippen LogP) is 3.83. The number of nitriles is 3. The molecule has 0 radical (unpaired) electrons. The number of ketones is 1. The quantitative estimate of drug-likeness (QED) is 0.679. The van der Waals surface area contributed by atoms with Gasteiger partial charge in [0, 0.05) is 24.7 Å². The summed E-state index contributed by atoms with van der Waals surface area (Å²) in [6, 6.07) is 9.75. The molecule has 0 N–H and O–H groups in total. The van der Waals surface area contributed by atoms with E-state index in [-0.39, 0.29) is 25.0 Å². The topological polar surface area (TPSA) is 88.4 Å². The largest absolute Gasteiger partial charge is 0.293 e. The van der Waals surface area contributed by atoms with E-state index in [9.17, 15) is 4.79 Å². The maximum absolute atomic E-state index is 12.7. The van der Waals surface area contributed by atoms with Crippen molar-refractivity contribution >= 4 is 17.1 Å². The van der Waals surface area contributed by atoms with E-state index in [1.54, 1.807) is 6.07 Å². The van der Waals surface area contributed by atoms with Gasteiger partial charge in [-0.05, 0) is 30.7 Å². The lowest BCUT2D eigenvalue weighted by Crippen LogP contribution is -2.31. The molecule has 0 saturated heterocycles. The number of nitrogens with zero attached hydrogens (tertiary/aromatic N) is 3. The molecule has 0 aliphatic heterocycles. The van der Waals surface area contributed by atoms with Crippen LogP contribution >= 0.6 is 11.3 Å². The van der Waals surface area contributed by atoms with Crippen LogP contribution in [0.3, 0.4) is 0 Å². The first kappa shape index (κ1) is 15.9. The van der Waals surface area contributed by atoms with Gasteiger partial charge in [0.05, 0.1) is 23.1 Å². The fourth-order valence-corrected chi connectivity index (χ4v) is 3.05. The molecule has 0 bridgehead atoms. The van der Waals surface area contributed by atoms with Crippen molar-refractivity contribution in [3.8, 4) is 18.2 Å². The second-order valence-electron chi connectivity index (χ2n) is 4.56. The van der Waals surface area contributed by atoms with Crippen molar-refractivity contribution in [2.75, 3.05) is 0 Å². The molecule has 1 aromatic heterocycles. The minimum absolute atomic E-state index is 0.0340. The number of rotatable bonds is 8. The molecule has 4 nitrogen and oxygen atoms in total. The molecule has 1 aromatic rings. The molecular formula is C15H15N3OS. The van der Waals surface area contributed by atoms with Gasteiger partial charge in [0.2, 0.25) is 0 Å². The van der Waals surface area contributed by atoms with E-state index in [4.69, 9.17) is 15.8 Å². The molecule has 102 valence electrons. The highest BCUT2D eigenvalue weighted by Crippen LogP contribution is 2.39. The molecule has 0 saturated carbocycles. The van der Waals surface area contributed by atoms with Crippen LogP contribution in [0, 0.1) is 39.4 Å². The van der Waals surface area contributed by atoms with Crippen molar-refractivity contribution in [2.24, 2.45) is 5.41 Å². The van der Waals surface area contributed by atoms with Gasteiger partial charge in [0.25, 0.3) is 0 Å². The summed E-state index contributed by atoms with van der Waals surface area (Å²) in [5.74, 6) is -0.0340. The van der Waals surface area contributed by atoms with Crippen LogP contribution in [-0.4, -0.2) is 5.78 Å². The molecule has 0 fully saturated rings. The lowest BCUT2D eigenvalue weighted by Gasteiger charge is -2.30. The lowest BCUT2D eigenvalue weighted by atomic mass is 9.72. The Hall–Kier alpha value is -2.16. The Labute approximate surface area is 122 Å². The van der Waals surface area contributed by atoms with Crippen LogP contribution in [0.25, 0.3) is 0 Å². The van der Waals surface area contributed by atoms with Gasteiger partial charge in [-0.25, -0.2) is 0 Å². The van der Waals surface area contributed by atoms with E-state index in [2.05, 4.69) is 18.2 Å². The number of hydrogen-bond donors (Lipinski definition) is 0. The molecule has 0 atom stereocenters. The Bertz CT molecular complexity index is 512. The first-order valence-electron chi connectivity index (χ1n) is 6.39. The lowest BCUT2D eigenvalue weighted by molar-refractivity contribution is 0.0750. The van der Waals surface area contributed by atoms with Gasteiger partial charge in [-0.3, -0.25) is 4.79 Å². The van der Waals surface area contributed by atoms with Gasteiger partial charge in [0.1, 0.15) is 0 Å². The van der Waals surface area contributed by atoms with Crippen molar-refractivity contribution in [3.05, 3.63) is 22.4 Å². The van der Waals surface area contributed by atoms with Gasteiger partial charge in [-0.1, -0.05) is 6.07 Å². The standard InChI is InChI=1S/C15H15N3OS/c16-9-2-6-15(7-3-10-17,8-4-11-18)14(19)13-5-1-12-20-13/h1,5,12H,2-4,6-8H2. The van der Waals surface area contributed by atoms with E-state index in [0.717, 1.165) is 0 Å². The van der Waals surface area contributed by atoms with Gasteiger partial charge in [-0.2, -0.15) is 15.8 Å². The average Bonchev–Trinajstić information content (AvgIpc) is 3.00. The van der Waals surface area contributed by atoms with Crippen molar-refractivity contribution in [2.45, 2.75) is 38.5 Å². The Morgan fingerprint density at radius 2 is 1.55 bits per heavy atom. The third-order valence-electron chi connectivity index (χ3n) is 3.37. The van der Waals surface area contributed by atoms with E-state index in [1.807, 2.05) is 11.4 Å². The highest BCUT2D eigenvalue weighted by molar-refractivity contribution is 7.12. The van der Waals surface area contributed by atoms with Crippen LogP contribution in [0.1, 0.15) is 48.2 Å². The maximum atomic E-state index is 12.7. The first-order chi connectivity index (χ1) is 9.70. The summed E-state index contributed by atoms with van der Waals surface area (Å²) in [6.07, 6.45) is 1.99. The summed E-state index contributed by atoms with van der Waals surface area (Å²) in [7, 11) is 0. The van der Waals surface area contributed by atoms with E-state index >= 15 is 0 Å². The normalized spacial score (nSPS) is 10.2. The van der Waals surface area contributed by atoms with Crippen LogP contribution in [0.5, 0.6) is 0 Å². The molecule has 0 unspecified atom stereocenters. The van der Waals surface area contributed by atoms with Crippen molar-refractivity contribution in [3.63, 3.8) is 0 Å². The second kappa shape index (κ2) is 8.10. The minimum atomic E-state index is -0.758. The number of Topliss-reactive ketones (excluding diaryl/α,β-unsaturated/α-hetero) is 1. The average molecular weight is 285 g/mol. The molecule has 0 spiro atoms. The zero-order chi connectivity index (χ0) is 14.8. The van der Waals surface area contributed by atoms with Crippen molar-refractivity contribution in [1.82, 2.24) is 0 Å². The summed E-state index contributed by atoms with van der Waals surface area (Å²) in [5, 5.41) is 28.2. The number of carbonyl (C=O) groups excluding carboxylic acids is 1. The van der Waals surface area contributed by atoms with Gasteiger partial charge < -0.3 is 0 Å². The molecule has 0 aliphatic rings. The summed E-state index contributed by atoms with van der Waals surface area (Å²) < 4.78 is 0. The van der Waals surface area contributed by atoms with Gasteiger partial charge in [0.15, 0.2) is 5.78 Å². The Balaban J connectivity index is 3.06. The van der Waals surface area contributed by atoms with Crippen molar-refractivity contribution in [1.29, 1.82) is 15.8 Å². The Morgan fingerprint density at radius 3 is 1.90 bits per heavy atom. The predicted molar refractivity (Wildman–Crippen MR) is 75.6 cm³/mol. The minimum Gasteiger partial charge on any atom is -0.293 e. The second-order valence-corrected chi connectivity index (χ2v) is 5.51. The smallest absolute Gasteiger partial charge is 0.179 e. The molecular weight excluding hydrogens is 270 g/mol. The van der Waals surface area contributed by atoms with Crippen molar-refractivity contribution < 1.29 is 4.79 Å².